The molecule has 0 saturated heterocycles. The van der Waals surface area contributed by atoms with E-state index >= 15 is 0 Å². The lowest BCUT2D eigenvalue weighted by Crippen LogP contribution is -2.15. The van der Waals surface area contributed by atoms with Gasteiger partial charge in [-0.2, -0.15) is 15.0 Å². The van der Waals surface area contributed by atoms with Crippen molar-refractivity contribution < 1.29 is 9.47 Å². The summed E-state index contributed by atoms with van der Waals surface area (Å²) in [6, 6.07) is 0.232. The van der Waals surface area contributed by atoms with Crippen LogP contribution >= 0.6 is 0 Å². The average molecular weight is 255 g/mol. The van der Waals surface area contributed by atoms with Crippen molar-refractivity contribution in [2.24, 2.45) is 5.92 Å². The number of aromatic nitrogens is 3. The maximum atomic E-state index is 5.55. The number of ether oxygens (including phenoxy) is 2. The third-order valence-electron chi connectivity index (χ3n) is 1.89. The van der Waals surface area contributed by atoms with Crippen molar-refractivity contribution in [3.05, 3.63) is 0 Å². The fraction of sp³-hybridized carbons (Fsp3) is 0.727. The van der Waals surface area contributed by atoms with Crippen molar-refractivity contribution in [2.75, 3.05) is 37.4 Å². The fourth-order valence-electron chi connectivity index (χ4n) is 1.20. The summed E-state index contributed by atoms with van der Waals surface area (Å²) in [5.74, 6) is 1.07. The molecule has 3 N–H and O–H groups in total. The molecule has 0 aliphatic carbocycles. The molecule has 1 rings (SSSR count). The van der Waals surface area contributed by atoms with Gasteiger partial charge in [-0.1, -0.05) is 13.8 Å². The van der Waals surface area contributed by atoms with E-state index in [2.05, 4.69) is 34.1 Å². The Morgan fingerprint density at radius 1 is 1.28 bits per heavy atom. The summed E-state index contributed by atoms with van der Waals surface area (Å²) in [5, 5.41) is 3.01. The molecule has 0 unspecified atom stereocenters. The number of rotatable bonds is 8. The SMILES string of the molecule is CCOc1nc(N)nc(NCCOCC(C)C)n1. The molecule has 7 nitrogen and oxygen atoms in total. The van der Waals surface area contributed by atoms with Gasteiger partial charge in [0.1, 0.15) is 0 Å². The monoisotopic (exact) mass is 255 g/mol. The van der Waals surface area contributed by atoms with Crippen LogP contribution < -0.4 is 15.8 Å². The van der Waals surface area contributed by atoms with E-state index in [9.17, 15) is 0 Å². The second-order valence-electron chi connectivity index (χ2n) is 4.13. The number of nitrogens with two attached hydrogens (primary N) is 1. The molecule has 1 aromatic rings. The van der Waals surface area contributed by atoms with Crippen LogP contribution in [0.5, 0.6) is 6.01 Å². The van der Waals surface area contributed by atoms with Crippen LogP contribution in [0.2, 0.25) is 0 Å². The normalized spacial score (nSPS) is 10.7. The first-order chi connectivity index (χ1) is 8.61. The Bertz CT molecular complexity index is 359. The average Bonchev–Trinajstić information content (AvgIpc) is 2.28. The Morgan fingerprint density at radius 2 is 2.06 bits per heavy atom. The highest BCUT2D eigenvalue weighted by Crippen LogP contribution is 2.08. The molecule has 0 fully saturated rings. The second-order valence-corrected chi connectivity index (χ2v) is 4.13. The van der Waals surface area contributed by atoms with Crippen LogP contribution in [0, 0.1) is 5.92 Å². The van der Waals surface area contributed by atoms with Crippen LogP contribution in [-0.2, 0) is 4.74 Å². The summed E-state index contributed by atoms with van der Waals surface area (Å²) in [7, 11) is 0. The summed E-state index contributed by atoms with van der Waals surface area (Å²) in [6.07, 6.45) is 0. The largest absolute Gasteiger partial charge is 0.464 e. The molecule has 0 aliphatic rings. The van der Waals surface area contributed by atoms with Gasteiger partial charge in [0, 0.05) is 13.2 Å². The van der Waals surface area contributed by atoms with Crippen molar-refractivity contribution in [2.45, 2.75) is 20.8 Å². The topological polar surface area (TPSA) is 95.2 Å². The Hall–Kier alpha value is -1.63. The van der Waals surface area contributed by atoms with Gasteiger partial charge in [0.15, 0.2) is 0 Å². The first-order valence-corrected chi connectivity index (χ1v) is 6.07. The van der Waals surface area contributed by atoms with E-state index in [-0.39, 0.29) is 12.0 Å². The highest BCUT2D eigenvalue weighted by atomic mass is 16.5. The van der Waals surface area contributed by atoms with Gasteiger partial charge in [0.25, 0.3) is 0 Å². The molecule has 0 aliphatic heterocycles. The highest BCUT2D eigenvalue weighted by Gasteiger charge is 2.04. The van der Waals surface area contributed by atoms with Gasteiger partial charge >= 0.3 is 6.01 Å². The van der Waals surface area contributed by atoms with Crippen molar-refractivity contribution >= 4 is 11.9 Å². The van der Waals surface area contributed by atoms with E-state index in [1.165, 1.54) is 0 Å². The van der Waals surface area contributed by atoms with Gasteiger partial charge in [-0.05, 0) is 12.8 Å². The molecular weight excluding hydrogens is 234 g/mol. The molecule has 0 atom stereocenters. The first-order valence-electron chi connectivity index (χ1n) is 6.07. The van der Waals surface area contributed by atoms with E-state index < -0.39 is 0 Å². The molecule has 7 heteroatoms. The minimum absolute atomic E-state index is 0.138. The number of nitrogens with zero attached hydrogens (tertiary/aromatic N) is 3. The van der Waals surface area contributed by atoms with Gasteiger partial charge in [0.2, 0.25) is 11.9 Å². The Balaban J connectivity index is 2.37. The zero-order valence-corrected chi connectivity index (χ0v) is 11.1. The van der Waals surface area contributed by atoms with Crippen LogP contribution in [0.4, 0.5) is 11.9 Å². The number of anilines is 2. The highest BCUT2D eigenvalue weighted by molar-refractivity contribution is 5.32. The van der Waals surface area contributed by atoms with E-state index in [0.29, 0.717) is 31.6 Å². The van der Waals surface area contributed by atoms with Crippen LogP contribution in [0.3, 0.4) is 0 Å². The van der Waals surface area contributed by atoms with Crippen LogP contribution in [0.25, 0.3) is 0 Å². The number of hydrogen-bond donors (Lipinski definition) is 2. The van der Waals surface area contributed by atoms with Gasteiger partial charge in [-0.15, -0.1) is 0 Å². The van der Waals surface area contributed by atoms with Crippen molar-refractivity contribution in [1.82, 2.24) is 15.0 Å². The molecule has 102 valence electrons. The predicted octanol–water partition coefficient (Wildman–Crippen LogP) is 0.937. The summed E-state index contributed by atoms with van der Waals surface area (Å²) in [4.78, 5) is 11.9. The molecule has 0 radical (unpaired) electrons. The smallest absolute Gasteiger partial charge is 0.323 e. The third kappa shape index (κ3) is 5.62. The summed E-state index contributed by atoms with van der Waals surface area (Å²) in [5.41, 5.74) is 5.55. The van der Waals surface area contributed by atoms with Gasteiger partial charge in [0.05, 0.1) is 13.2 Å². The lowest BCUT2D eigenvalue weighted by Gasteiger charge is -2.09. The summed E-state index contributed by atoms with van der Waals surface area (Å²) < 4.78 is 10.6. The standard InChI is InChI=1S/C11H21N5O2/c1-4-18-11-15-9(12)14-10(16-11)13-5-6-17-7-8(2)3/h8H,4-7H2,1-3H3,(H3,12,13,14,15,16). The Morgan fingerprint density at radius 3 is 2.72 bits per heavy atom. The molecule has 0 aromatic carbocycles. The number of nitrogens with one attached hydrogen (secondary N) is 1. The Labute approximate surface area is 107 Å². The lowest BCUT2D eigenvalue weighted by molar-refractivity contribution is 0.118. The maximum absolute atomic E-state index is 5.55. The summed E-state index contributed by atoms with van der Waals surface area (Å²) in [6.45, 7) is 8.50. The van der Waals surface area contributed by atoms with Crippen molar-refractivity contribution in [1.29, 1.82) is 0 Å². The van der Waals surface area contributed by atoms with E-state index in [0.717, 1.165) is 6.61 Å². The molecule has 18 heavy (non-hydrogen) atoms. The molecule has 1 aromatic heterocycles. The number of nitrogen functional groups attached to an aromatic ring is 1. The molecule has 0 amide bonds. The minimum atomic E-state index is 0.138. The van der Waals surface area contributed by atoms with E-state index in [4.69, 9.17) is 15.2 Å². The Kier molecular flexibility index (Phi) is 6.13. The van der Waals surface area contributed by atoms with Crippen LogP contribution in [0.1, 0.15) is 20.8 Å². The van der Waals surface area contributed by atoms with E-state index in [1.807, 2.05) is 6.92 Å². The summed E-state index contributed by atoms with van der Waals surface area (Å²) >= 11 is 0. The first kappa shape index (κ1) is 14.4. The van der Waals surface area contributed by atoms with Crippen LogP contribution in [-0.4, -0.2) is 41.3 Å². The number of hydrogen-bond acceptors (Lipinski definition) is 7. The van der Waals surface area contributed by atoms with Gasteiger partial charge < -0.3 is 20.5 Å². The fourth-order valence-corrected chi connectivity index (χ4v) is 1.20. The molecule has 0 spiro atoms. The van der Waals surface area contributed by atoms with Gasteiger partial charge in [-0.3, -0.25) is 0 Å². The third-order valence-corrected chi connectivity index (χ3v) is 1.89. The predicted molar refractivity (Wildman–Crippen MR) is 69.6 cm³/mol. The molecule has 0 saturated carbocycles. The zero-order valence-electron chi connectivity index (χ0n) is 11.1. The molecule has 1 heterocycles. The molecule has 0 bridgehead atoms. The van der Waals surface area contributed by atoms with Crippen molar-refractivity contribution in [3.8, 4) is 6.01 Å². The lowest BCUT2D eigenvalue weighted by atomic mass is 10.2. The van der Waals surface area contributed by atoms with E-state index in [1.54, 1.807) is 0 Å². The minimum Gasteiger partial charge on any atom is -0.464 e. The van der Waals surface area contributed by atoms with Gasteiger partial charge in [-0.25, -0.2) is 0 Å². The molecular formula is C11H21N5O2. The van der Waals surface area contributed by atoms with Crippen LogP contribution in [0.15, 0.2) is 0 Å². The maximum Gasteiger partial charge on any atom is 0.323 e. The second kappa shape index (κ2) is 7.65. The quantitative estimate of drug-likeness (QED) is 0.667. The van der Waals surface area contributed by atoms with Crippen molar-refractivity contribution in [3.63, 3.8) is 0 Å². The zero-order chi connectivity index (χ0) is 13.4.